The molecule has 1 atom stereocenters. The molecule has 1 saturated heterocycles. The molecule has 0 spiro atoms. The van der Waals surface area contributed by atoms with E-state index >= 15 is 0 Å². The third kappa shape index (κ3) is 3.48. The summed E-state index contributed by atoms with van der Waals surface area (Å²) in [5, 5.41) is 2.58. The first-order valence-electron chi connectivity index (χ1n) is 10.3. The lowest BCUT2D eigenvalue weighted by Gasteiger charge is -2.37. The van der Waals surface area contributed by atoms with Crippen LogP contribution in [0.15, 0.2) is 35.7 Å². The summed E-state index contributed by atoms with van der Waals surface area (Å²) >= 11 is 1.72. The van der Waals surface area contributed by atoms with E-state index in [0.717, 1.165) is 6.42 Å². The summed E-state index contributed by atoms with van der Waals surface area (Å²) in [6.07, 6.45) is 2.05. The van der Waals surface area contributed by atoms with Gasteiger partial charge >= 0.3 is 12.0 Å². The number of hydroxylamine groups is 2. The molecule has 3 aliphatic rings. The Bertz CT molecular complexity index is 1050. The second-order valence-electron chi connectivity index (χ2n) is 7.97. The highest BCUT2D eigenvalue weighted by Gasteiger charge is 2.41. The van der Waals surface area contributed by atoms with Crippen LogP contribution in [0.25, 0.3) is 0 Å². The molecular formula is C22H21N3O5S. The number of piperidine rings is 1. The van der Waals surface area contributed by atoms with Crippen LogP contribution < -0.4 is 0 Å². The molecule has 5 rings (SSSR count). The van der Waals surface area contributed by atoms with Crippen molar-refractivity contribution in [2.75, 3.05) is 19.6 Å². The molecule has 1 fully saturated rings. The van der Waals surface area contributed by atoms with E-state index < -0.39 is 23.7 Å². The molecule has 0 radical (unpaired) electrons. The zero-order chi connectivity index (χ0) is 21.5. The van der Waals surface area contributed by atoms with Gasteiger partial charge in [0.05, 0.1) is 17.0 Å². The fourth-order valence-corrected chi connectivity index (χ4v) is 5.26. The van der Waals surface area contributed by atoms with Crippen molar-refractivity contribution in [3.05, 3.63) is 57.3 Å². The number of fused-ring (bicyclic) bond motifs is 2. The fraction of sp³-hybridized carbons (Fsp3) is 0.364. The second kappa shape index (κ2) is 7.81. The molecule has 0 aliphatic carbocycles. The van der Waals surface area contributed by atoms with Gasteiger partial charge in [-0.05, 0) is 48.4 Å². The number of nitrogens with zero attached hydrogens (tertiary/aromatic N) is 3. The lowest BCUT2D eigenvalue weighted by atomic mass is 9.98. The summed E-state index contributed by atoms with van der Waals surface area (Å²) in [7, 11) is 0. The number of carbonyl (C=O) groups excluding carboxylic acids is 4. The van der Waals surface area contributed by atoms with Gasteiger partial charge in [0, 0.05) is 31.1 Å². The first kappa shape index (κ1) is 19.7. The largest absolute Gasteiger partial charge is 0.338 e. The molecule has 2 aromatic rings. The molecule has 1 aromatic carbocycles. The number of urea groups is 1. The summed E-state index contributed by atoms with van der Waals surface area (Å²) in [4.78, 5) is 60.7. The topological polar surface area (TPSA) is 87.2 Å². The van der Waals surface area contributed by atoms with Gasteiger partial charge in [-0.2, -0.15) is 0 Å². The number of hydrogen-bond donors (Lipinski definition) is 0. The van der Waals surface area contributed by atoms with E-state index in [9.17, 15) is 19.2 Å². The Kier molecular flexibility index (Phi) is 4.97. The van der Waals surface area contributed by atoms with Crippen LogP contribution in [0.2, 0.25) is 0 Å². The molecule has 4 heterocycles. The standard InChI is InChI=1S/C22H21N3O5S/c26-19-16-5-1-2-6-17(16)20(27)25(19)30-21(28)15-4-3-9-23(13-15)22(29)24-10-7-18-14(12-24)8-11-31-18/h1-2,5-6,8,11,15H,3-4,7,9-10,12-13H2. The Hall–Kier alpha value is -3.20. The van der Waals surface area contributed by atoms with E-state index in [1.165, 1.54) is 22.6 Å². The maximum Gasteiger partial charge on any atom is 0.338 e. The third-order valence-corrected chi connectivity index (χ3v) is 7.06. The number of carbonyl (C=O) groups is 4. The van der Waals surface area contributed by atoms with E-state index in [4.69, 9.17) is 4.84 Å². The molecule has 1 unspecified atom stereocenters. The second-order valence-corrected chi connectivity index (χ2v) is 8.97. The summed E-state index contributed by atoms with van der Waals surface area (Å²) in [6.45, 7) is 2.03. The highest BCUT2D eigenvalue weighted by Crippen LogP contribution is 2.27. The summed E-state index contributed by atoms with van der Waals surface area (Å²) < 4.78 is 0. The molecule has 0 bridgehead atoms. The van der Waals surface area contributed by atoms with Gasteiger partial charge in [-0.25, -0.2) is 9.59 Å². The molecule has 0 saturated carbocycles. The molecule has 160 valence electrons. The fourth-order valence-electron chi connectivity index (χ4n) is 4.37. The van der Waals surface area contributed by atoms with Crippen LogP contribution >= 0.6 is 11.3 Å². The number of thiophene rings is 1. The molecule has 4 amide bonds. The summed E-state index contributed by atoms with van der Waals surface area (Å²) in [5.74, 6) is -2.52. The summed E-state index contributed by atoms with van der Waals surface area (Å²) in [5.41, 5.74) is 1.63. The van der Waals surface area contributed by atoms with E-state index in [1.54, 1.807) is 28.4 Å². The Morgan fingerprint density at radius 3 is 2.48 bits per heavy atom. The summed E-state index contributed by atoms with van der Waals surface area (Å²) in [6, 6.07) is 8.33. The SMILES string of the molecule is O=C(ON1C(=O)c2ccccc2C1=O)C1CCCN(C(=O)N2CCc3sccc3C2)C1. The maximum absolute atomic E-state index is 13.0. The van der Waals surface area contributed by atoms with Gasteiger partial charge in [-0.3, -0.25) is 9.59 Å². The molecular weight excluding hydrogens is 418 g/mol. The zero-order valence-corrected chi connectivity index (χ0v) is 17.6. The molecule has 3 aliphatic heterocycles. The minimum atomic E-state index is -0.661. The highest BCUT2D eigenvalue weighted by atomic mass is 32.1. The van der Waals surface area contributed by atoms with Crippen molar-refractivity contribution in [2.24, 2.45) is 5.92 Å². The van der Waals surface area contributed by atoms with Gasteiger partial charge < -0.3 is 14.6 Å². The van der Waals surface area contributed by atoms with Crippen LogP contribution in [0.5, 0.6) is 0 Å². The highest BCUT2D eigenvalue weighted by molar-refractivity contribution is 7.10. The van der Waals surface area contributed by atoms with E-state index in [2.05, 4.69) is 6.07 Å². The first-order valence-corrected chi connectivity index (χ1v) is 11.2. The van der Waals surface area contributed by atoms with Crippen molar-refractivity contribution in [3.8, 4) is 0 Å². The Morgan fingerprint density at radius 1 is 1.00 bits per heavy atom. The van der Waals surface area contributed by atoms with Crippen molar-refractivity contribution in [1.82, 2.24) is 14.9 Å². The van der Waals surface area contributed by atoms with Crippen LogP contribution in [0.4, 0.5) is 4.79 Å². The number of likely N-dealkylation sites (tertiary alicyclic amines) is 1. The number of rotatable bonds is 2. The van der Waals surface area contributed by atoms with Crippen molar-refractivity contribution in [3.63, 3.8) is 0 Å². The normalized spacial score (nSPS) is 20.5. The molecule has 8 nitrogen and oxygen atoms in total. The van der Waals surface area contributed by atoms with Crippen molar-refractivity contribution < 1.29 is 24.0 Å². The smallest absolute Gasteiger partial charge is 0.329 e. The number of amides is 4. The van der Waals surface area contributed by atoms with Gasteiger partial charge in [0.25, 0.3) is 11.8 Å². The monoisotopic (exact) mass is 439 g/mol. The Labute approximate surface area is 182 Å². The van der Waals surface area contributed by atoms with E-state index in [1.807, 2.05) is 10.3 Å². The third-order valence-electron chi connectivity index (χ3n) is 6.04. The molecule has 1 aromatic heterocycles. The van der Waals surface area contributed by atoms with Crippen molar-refractivity contribution >= 4 is 35.2 Å². The van der Waals surface area contributed by atoms with Crippen molar-refractivity contribution in [2.45, 2.75) is 25.8 Å². The van der Waals surface area contributed by atoms with Gasteiger partial charge in [0.15, 0.2) is 0 Å². The van der Waals surface area contributed by atoms with Gasteiger partial charge in [0.1, 0.15) is 0 Å². The maximum atomic E-state index is 13.0. The quantitative estimate of drug-likeness (QED) is 0.672. The Balaban J connectivity index is 1.23. The van der Waals surface area contributed by atoms with Crippen LogP contribution in [-0.4, -0.2) is 58.3 Å². The number of benzene rings is 1. The van der Waals surface area contributed by atoms with Crippen LogP contribution in [-0.2, 0) is 22.6 Å². The van der Waals surface area contributed by atoms with Crippen LogP contribution in [0, 0.1) is 5.92 Å². The number of hydrogen-bond acceptors (Lipinski definition) is 6. The minimum Gasteiger partial charge on any atom is -0.329 e. The predicted octanol–water partition coefficient (Wildman–Crippen LogP) is 2.69. The average molecular weight is 439 g/mol. The average Bonchev–Trinajstić information content (AvgIpc) is 3.37. The van der Waals surface area contributed by atoms with E-state index in [0.29, 0.717) is 37.5 Å². The van der Waals surface area contributed by atoms with Crippen LogP contribution in [0.3, 0.4) is 0 Å². The van der Waals surface area contributed by atoms with Gasteiger partial charge in [-0.15, -0.1) is 11.3 Å². The van der Waals surface area contributed by atoms with Gasteiger partial charge in [0.2, 0.25) is 0 Å². The molecule has 9 heteroatoms. The Morgan fingerprint density at radius 2 is 1.74 bits per heavy atom. The molecule has 0 N–H and O–H groups in total. The lowest BCUT2D eigenvalue weighted by Crippen LogP contribution is -2.50. The minimum absolute atomic E-state index is 0.0879. The number of imide groups is 1. The molecule has 31 heavy (non-hydrogen) atoms. The van der Waals surface area contributed by atoms with Crippen molar-refractivity contribution in [1.29, 1.82) is 0 Å². The predicted molar refractivity (Wildman–Crippen MR) is 111 cm³/mol. The lowest BCUT2D eigenvalue weighted by molar-refractivity contribution is -0.175. The van der Waals surface area contributed by atoms with Crippen LogP contribution in [0.1, 0.15) is 44.0 Å². The van der Waals surface area contributed by atoms with Gasteiger partial charge in [-0.1, -0.05) is 17.2 Å². The zero-order valence-electron chi connectivity index (χ0n) is 16.8. The van der Waals surface area contributed by atoms with E-state index in [-0.39, 0.29) is 23.7 Å². The first-order chi connectivity index (χ1) is 15.0.